The van der Waals surface area contributed by atoms with Crippen molar-refractivity contribution in [1.29, 1.82) is 0 Å². The van der Waals surface area contributed by atoms with Gasteiger partial charge in [-0.3, -0.25) is 19.2 Å². The summed E-state index contributed by atoms with van der Waals surface area (Å²) >= 11 is 0. The molecule has 1 aromatic carbocycles. The van der Waals surface area contributed by atoms with Crippen LogP contribution in [0.15, 0.2) is 30.3 Å². The number of amides is 4. The topological polar surface area (TPSA) is 220 Å². The van der Waals surface area contributed by atoms with E-state index in [2.05, 4.69) is 16.0 Å². The lowest BCUT2D eigenvalue weighted by molar-refractivity contribution is -0.143. The maximum atomic E-state index is 13.3. The van der Waals surface area contributed by atoms with Gasteiger partial charge >= 0.3 is 5.97 Å². The maximum absolute atomic E-state index is 13.3. The number of hydrogen-bond donors (Lipinski definition) is 7. The fraction of sp³-hybridized carbons (Fsp3) is 0.560. The summed E-state index contributed by atoms with van der Waals surface area (Å²) in [5, 5.41) is 17.2. The van der Waals surface area contributed by atoms with Crippen LogP contribution in [0.5, 0.6) is 0 Å². The molecule has 206 valence electrons. The molecule has 1 rings (SSSR count). The third-order valence-electron chi connectivity index (χ3n) is 5.76. The summed E-state index contributed by atoms with van der Waals surface area (Å²) in [4.78, 5) is 61.6. The van der Waals surface area contributed by atoms with Gasteiger partial charge in [0, 0.05) is 12.8 Å². The first kappa shape index (κ1) is 31.5. The lowest BCUT2D eigenvalue weighted by Crippen LogP contribution is -2.58. The number of carbonyl (C=O) groups excluding carboxylic acids is 4. The molecule has 0 aliphatic heterocycles. The van der Waals surface area contributed by atoms with Crippen LogP contribution < -0.4 is 33.2 Å². The Bertz CT molecular complexity index is 910. The zero-order valence-electron chi connectivity index (χ0n) is 21.4. The number of carbonyl (C=O) groups is 5. The van der Waals surface area contributed by atoms with Gasteiger partial charge < -0.3 is 38.3 Å². The third-order valence-corrected chi connectivity index (χ3v) is 5.76. The minimum atomic E-state index is -1.19. The van der Waals surface area contributed by atoms with Crippen LogP contribution in [0, 0.1) is 5.92 Å². The number of benzene rings is 1. The van der Waals surface area contributed by atoms with Gasteiger partial charge in [-0.15, -0.1) is 0 Å². The molecule has 0 spiro atoms. The number of carboxylic acids is 1. The molecular formula is C25H40N6O6. The average molecular weight is 521 g/mol. The van der Waals surface area contributed by atoms with E-state index in [9.17, 15) is 29.1 Å². The van der Waals surface area contributed by atoms with Gasteiger partial charge in [-0.25, -0.2) is 4.79 Å². The van der Waals surface area contributed by atoms with Crippen molar-refractivity contribution >= 4 is 29.6 Å². The van der Waals surface area contributed by atoms with E-state index in [1.54, 1.807) is 38.1 Å². The Morgan fingerprint density at radius 1 is 0.865 bits per heavy atom. The molecule has 12 nitrogen and oxygen atoms in total. The van der Waals surface area contributed by atoms with Crippen LogP contribution in [-0.2, 0) is 30.4 Å². The number of nitrogens with two attached hydrogens (primary N) is 3. The summed E-state index contributed by atoms with van der Waals surface area (Å²) < 4.78 is 0. The van der Waals surface area contributed by atoms with Gasteiger partial charge in [0.15, 0.2) is 0 Å². The van der Waals surface area contributed by atoms with E-state index < -0.39 is 53.8 Å². The van der Waals surface area contributed by atoms with E-state index in [1.807, 2.05) is 6.07 Å². The molecule has 1 aromatic rings. The quantitative estimate of drug-likeness (QED) is 0.128. The van der Waals surface area contributed by atoms with Crippen molar-refractivity contribution in [3.05, 3.63) is 35.9 Å². The molecule has 4 amide bonds. The standard InChI is InChI=1S/C25H40N6O6/c1-15(2)21(25(36)37)31-23(34)18(10-6-7-13-26)29-24(35)19(14-16-8-4-3-5-9-16)30-22(33)17(27)11-12-20(28)32/h3-5,8-9,15,17-19,21H,6-7,10-14,26-27H2,1-2H3,(H2,28,32)(H,29,35)(H,30,33)(H,31,34)(H,36,37). The highest BCUT2D eigenvalue weighted by Crippen LogP contribution is 2.09. The summed E-state index contributed by atoms with van der Waals surface area (Å²) in [6.07, 6.45) is 1.38. The molecule has 0 bridgehead atoms. The van der Waals surface area contributed by atoms with Crippen molar-refractivity contribution in [1.82, 2.24) is 16.0 Å². The zero-order chi connectivity index (χ0) is 28.0. The lowest BCUT2D eigenvalue weighted by atomic mass is 10.0. The van der Waals surface area contributed by atoms with E-state index in [0.29, 0.717) is 19.4 Å². The molecule has 0 heterocycles. The van der Waals surface area contributed by atoms with Crippen molar-refractivity contribution in [3.63, 3.8) is 0 Å². The number of rotatable bonds is 17. The fourth-order valence-electron chi connectivity index (χ4n) is 3.57. The molecule has 10 N–H and O–H groups in total. The van der Waals surface area contributed by atoms with Gasteiger partial charge in [-0.2, -0.15) is 0 Å². The number of carboxylic acid groups (broad SMARTS) is 1. The second-order valence-electron chi connectivity index (χ2n) is 9.28. The summed E-state index contributed by atoms with van der Waals surface area (Å²) in [6.45, 7) is 3.71. The first-order valence-corrected chi connectivity index (χ1v) is 12.4. The predicted molar refractivity (Wildman–Crippen MR) is 138 cm³/mol. The molecule has 0 saturated heterocycles. The number of aliphatic carboxylic acids is 1. The molecule has 12 heteroatoms. The van der Waals surface area contributed by atoms with Crippen LogP contribution >= 0.6 is 0 Å². The summed E-state index contributed by atoms with van der Waals surface area (Å²) in [5.41, 5.74) is 17.3. The Morgan fingerprint density at radius 2 is 1.46 bits per heavy atom. The van der Waals surface area contributed by atoms with Crippen molar-refractivity contribution in [3.8, 4) is 0 Å². The number of unbranched alkanes of at least 4 members (excludes halogenated alkanes) is 1. The normalized spacial score (nSPS) is 14.2. The van der Waals surface area contributed by atoms with E-state index >= 15 is 0 Å². The predicted octanol–water partition coefficient (Wildman–Crippen LogP) is -0.854. The van der Waals surface area contributed by atoms with Gasteiger partial charge in [0.25, 0.3) is 0 Å². The van der Waals surface area contributed by atoms with Gasteiger partial charge in [0.2, 0.25) is 23.6 Å². The average Bonchev–Trinajstić information content (AvgIpc) is 2.84. The monoisotopic (exact) mass is 520 g/mol. The minimum absolute atomic E-state index is 0.0107. The van der Waals surface area contributed by atoms with Crippen LogP contribution in [0.3, 0.4) is 0 Å². The number of nitrogens with one attached hydrogen (secondary N) is 3. The van der Waals surface area contributed by atoms with Crippen molar-refractivity contribution in [2.24, 2.45) is 23.1 Å². The minimum Gasteiger partial charge on any atom is -0.480 e. The van der Waals surface area contributed by atoms with E-state index in [-0.39, 0.29) is 31.6 Å². The van der Waals surface area contributed by atoms with Crippen LogP contribution in [0.25, 0.3) is 0 Å². The van der Waals surface area contributed by atoms with Crippen molar-refractivity contribution in [2.75, 3.05) is 6.54 Å². The van der Waals surface area contributed by atoms with Gasteiger partial charge in [-0.05, 0) is 43.7 Å². The first-order chi connectivity index (χ1) is 17.5. The van der Waals surface area contributed by atoms with Gasteiger partial charge in [-0.1, -0.05) is 44.2 Å². The number of primary amides is 1. The van der Waals surface area contributed by atoms with E-state index in [0.717, 1.165) is 5.56 Å². The Hall–Kier alpha value is -3.51. The fourth-order valence-corrected chi connectivity index (χ4v) is 3.57. The largest absolute Gasteiger partial charge is 0.480 e. The van der Waals surface area contributed by atoms with Gasteiger partial charge in [0.1, 0.15) is 18.1 Å². The summed E-state index contributed by atoms with van der Waals surface area (Å²) in [6, 6.07) is 4.61. The zero-order valence-corrected chi connectivity index (χ0v) is 21.4. The van der Waals surface area contributed by atoms with Crippen molar-refractivity contribution in [2.45, 2.75) is 76.5 Å². The highest BCUT2D eigenvalue weighted by molar-refractivity contribution is 5.94. The smallest absolute Gasteiger partial charge is 0.326 e. The molecule has 0 aromatic heterocycles. The van der Waals surface area contributed by atoms with Crippen LogP contribution in [0.4, 0.5) is 0 Å². The molecule has 4 unspecified atom stereocenters. The van der Waals surface area contributed by atoms with E-state index in [1.165, 1.54) is 0 Å². The first-order valence-electron chi connectivity index (χ1n) is 12.4. The molecule has 0 fully saturated rings. The summed E-state index contributed by atoms with van der Waals surface area (Å²) in [7, 11) is 0. The molecule has 4 atom stereocenters. The lowest BCUT2D eigenvalue weighted by Gasteiger charge is -2.26. The molecule has 0 saturated carbocycles. The number of hydrogen-bond acceptors (Lipinski definition) is 7. The molecule has 0 radical (unpaired) electrons. The van der Waals surface area contributed by atoms with Crippen LogP contribution in [-0.4, -0.2) is 65.4 Å². The highest BCUT2D eigenvalue weighted by Gasteiger charge is 2.31. The SMILES string of the molecule is CC(C)C(NC(=O)C(CCCCN)NC(=O)C(Cc1ccccc1)NC(=O)C(N)CCC(N)=O)C(=O)O. The van der Waals surface area contributed by atoms with Gasteiger partial charge in [0.05, 0.1) is 6.04 Å². The van der Waals surface area contributed by atoms with Crippen LogP contribution in [0.1, 0.15) is 51.5 Å². The Labute approximate surface area is 217 Å². The van der Waals surface area contributed by atoms with Crippen LogP contribution in [0.2, 0.25) is 0 Å². The maximum Gasteiger partial charge on any atom is 0.326 e. The highest BCUT2D eigenvalue weighted by atomic mass is 16.4. The Balaban J connectivity index is 3.09. The van der Waals surface area contributed by atoms with E-state index in [4.69, 9.17) is 17.2 Å². The molecule has 0 aliphatic carbocycles. The Morgan fingerprint density at radius 3 is 2.00 bits per heavy atom. The molecule has 0 aliphatic rings. The third kappa shape index (κ3) is 11.8. The van der Waals surface area contributed by atoms with Crippen molar-refractivity contribution < 1.29 is 29.1 Å². The Kier molecular flexibility index (Phi) is 13.9. The molecule has 37 heavy (non-hydrogen) atoms. The second-order valence-corrected chi connectivity index (χ2v) is 9.28. The second kappa shape index (κ2) is 16.3. The molecular weight excluding hydrogens is 480 g/mol. The summed E-state index contributed by atoms with van der Waals surface area (Å²) in [5.74, 6) is -4.09.